The molecule has 0 aromatic heterocycles. The van der Waals surface area contributed by atoms with Crippen LogP contribution in [0.1, 0.15) is 14.5 Å². The fourth-order valence-electron chi connectivity index (χ4n) is 0.878. The number of phenols is 1. The number of carbonyl (C=O) groups excluding carboxylic acids is 1. The number of carbonyl (C=O) groups is 1. The van der Waals surface area contributed by atoms with Crippen molar-refractivity contribution < 1.29 is 23.5 Å². The van der Waals surface area contributed by atoms with E-state index in [-0.39, 0.29) is 17.1 Å². The summed E-state index contributed by atoms with van der Waals surface area (Å²) >= 11 is 0. The summed E-state index contributed by atoms with van der Waals surface area (Å²) in [6.45, 7) is 0. The molecule has 1 aromatic rings. The zero-order valence-corrected chi connectivity index (χ0v) is 6.90. The van der Waals surface area contributed by atoms with Gasteiger partial charge in [0.2, 0.25) is 0 Å². The number of hydrogen-bond donors (Lipinski definition) is 1. The molecular formula is C9H10O4. The molecule has 4 nitrogen and oxygen atoms in total. The van der Waals surface area contributed by atoms with Gasteiger partial charge in [0.1, 0.15) is 11.5 Å². The first kappa shape index (κ1) is 5.85. The van der Waals surface area contributed by atoms with Crippen molar-refractivity contribution in [1.29, 1.82) is 0 Å². The Morgan fingerprint density at radius 3 is 2.92 bits per heavy atom. The van der Waals surface area contributed by atoms with Crippen molar-refractivity contribution >= 4 is 5.97 Å². The lowest BCUT2D eigenvalue weighted by molar-refractivity contribution is 0.0600. The number of esters is 1. The van der Waals surface area contributed by atoms with Crippen molar-refractivity contribution in [3.63, 3.8) is 0 Å². The molecule has 1 rings (SSSR count). The number of benzene rings is 1. The molecule has 0 aliphatic rings. The fraction of sp³-hybridized carbons (Fsp3) is 0.222. The van der Waals surface area contributed by atoms with E-state index in [0.29, 0.717) is 0 Å². The molecule has 0 aliphatic carbocycles. The second-order valence-corrected chi connectivity index (χ2v) is 2.31. The molecule has 4 heteroatoms. The Bertz CT molecular complexity index is 400. The molecule has 1 N–H and O–H groups in total. The van der Waals surface area contributed by atoms with Crippen molar-refractivity contribution in [3.05, 3.63) is 23.8 Å². The van der Waals surface area contributed by atoms with Crippen LogP contribution in [0.15, 0.2) is 18.2 Å². The van der Waals surface area contributed by atoms with E-state index < -0.39 is 13.0 Å². The van der Waals surface area contributed by atoms with Crippen LogP contribution in [-0.2, 0) is 4.74 Å². The first-order valence-corrected chi connectivity index (χ1v) is 3.43. The van der Waals surface area contributed by atoms with Gasteiger partial charge in [-0.05, 0) is 12.1 Å². The Balaban J connectivity index is 3.03. The van der Waals surface area contributed by atoms with Crippen LogP contribution < -0.4 is 4.74 Å². The maximum absolute atomic E-state index is 11.2. The van der Waals surface area contributed by atoms with E-state index in [1.165, 1.54) is 13.2 Å². The van der Waals surface area contributed by atoms with Gasteiger partial charge in [0.15, 0.2) is 0 Å². The van der Waals surface area contributed by atoms with E-state index in [9.17, 15) is 9.90 Å². The molecule has 70 valence electrons. The van der Waals surface area contributed by atoms with Crippen molar-refractivity contribution in [2.45, 2.75) is 0 Å². The van der Waals surface area contributed by atoms with Crippen molar-refractivity contribution in [3.8, 4) is 11.5 Å². The quantitative estimate of drug-likeness (QED) is 0.703. The van der Waals surface area contributed by atoms with Crippen LogP contribution in [0.4, 0.5) is 0 Å². The van der Waals surface area contributed by atoms with Crippen LogP contribution in [0.25, 0.3) is 0 Å². The molecule has 0 saturated heterocycles. The Hall–Kier alpha value is -1.71. The largest absolute Gasteiger partial charge is 0.508 e. The highest BCUT2D eigenvalue weighted by Gasteiger charge is 2.08. The van der Waals surface area contributed by atoms with Gasteiger partial charge in [0.25, 0.3) is 0 Å². The number of rotatable bonds is 2. The highest BCUT2D eigenvalue weighted by Crippen LogP contribution is 2.21. The van der Waals surface area contributed by atoms with Crippen LogP contribution in [-0.4, -0.2) is 25.2 Å². The molecule has 0 heterocycles. The lowest BCUT2D eigenvalue weighted by Gasteiger charge is -2.03. The van der Waals surface area contributed by atoms with Gasteiger partial charge in [-0.25, -0.2) is 4.79 Å². The van der Waals surface area contributed by atoms with Gasteiger partial charge in [-0.1, -0.05) is 0 Å². The van der Waals surface area contributed by atoms with Gasteiger partial charge < -0.3 is 14.6 Å². The Labute approximate surface area is 79.9 Å². The molecule has 0 bridgehead atoms. The number of aromatic hydroxyl groups is 1. The third-order valence-corrected chi connectivity index (χ3v) is 1.43. The van der Waals surface area contributed by atoms with E-state index >= 15 is 0 Å². The lowest BCUT2D eigenvalue weighted by Crippen LogP contribution is -2.01. The maximum atomic E-state index is 11.2. The minimum absolute atomic E-state index is 0.0155. The average molecular weight is 185 g/mol. The van der Waals surface area contributed by atoms with Crippen LogP contribution in [0.3, 0.4) is 0 Å². The van der Waals surface area contributed by atoms with E-state index in [0.717, 1.165) is 12.1 Å². The molecule has 0 fully saturated rings. The molecule has 1 aromatic carbocycles. The van der Waals surface area contributed by atoms with E-state index in [4.69, 9.17) is 4.11 Å². The molecule has 0 saturated carbocycles. The summed E-state index contributed by atoms with van der Waals surface area (Å²) in [6, 6.07) is 3.43. The van der Waals surface area contributed by atoms with Gasteiger partial charge in [-0.2, -0.15) is 0 Å². The monoisotopic (exact) mass is 185 g/mol. The van der Waals surface area contributed by atoms with Gasteiger partial charge in [0, 0.05) is 6.07 Å². The normalized spacial score (nSPS) is 13.8. The third kappa shape index (κ3) is 2.11. The number of methoxy groups -OCH3 is 2. The van der Waals surface area contributed by atoms with E-state index in [1.54, 1.807) is 0 Å². The second kappa shape index (κ2) is 3.80. The molecule has 13 heavy (non-hydrogen) atoms. The predicted molar refractivity (Wildman–Crippen MR) is 46.0 cm³/mol. The highest BCUT2D eigenvalue weighted by molar-refractivity contribution is 5.90. The third-order valence-electron chi connectivity index (χ3n) is 1.43. The van der Waals surface area contributed by atoms with Gasteiger partial charge >= 0.3 is 5.97 Å². The summed E-state index contributed by atoms with van der Waals surface area (Å²) in [7, 11) is -1.46. The van der Waals surface area contributed by atoms with Crippen molar-refractivity contribution in [2.24, 2.45) is 0 Å². The van der Waals surface area contributed by atoms with Crippen molar-refractivity contribution in [2.75, 3.05) is 14.1 Å². The standard InChI is InChI=1S/C9H10O4/c1-12-8-4-6(9(11)13-2)3-7(10)5-8/h3-5,10H,1-2H3/i1D3. The summed E-state index contributed by atoms with van der Waals surface area (Å²) in [6.07, 6.45) is 0. The smallest absolute Gasteiger partial charge is 0.338 e. The number of hydrogen-bond acceptors (Lipinski definition) is 4. The average Bonchev–Trinajstić information content (AvgIpc) is 2.12. The molecule has 0 unspecified atom stereocenters. The minimum atomic E-state index is -2.64. The van der Waals surface area contributed by atoms with E-state index in [2.05, 4.69) is 9.47 Å². The Morgan fingerprint density at radius 1 is 1.54 bits per heavy atom. The zero-order valence-electron chi connectivity index (χ0n) is 9.90. The molecule has 0 spiro atoms. The first-order chi connectivity index (χ1) is 7.31. The molecular weight excluding hydrogens is 172 g/mol. The van der Waals surface area contributed by atoms with Crippen LogP contribution in [0.2, 0.25) is 0 Å². The number of ether oxygens (including phenoxy) is 2. The lowest BCUT2D eigenvalue weighted by atomic mass is 10.2. The van der Waals surface area contributed by atoms with Gasteiger partial charge in [0.05, 0.1) is 23.8 Å². The van der Waals surface area contributed by atoms with E-state index in [1.807, 2.05) is 0 Å². The van der Waals surface area contributed by atoms with Crippen LogP contribution >= 0.6 is 0 Å². The zero-order chi connectivity index (χ0) is 12.3. The summed E-state index contributed by atoms with van der Waals surface area (Å²) in [5.41, 5.74) is 0.0155. The number of phenolic OH excluding ortho intramolecular Hbond substituents is 1. The highest BCUT2D eigenvalue weighted by atomic mass is 16.5. The molecule has 0 radical (unpaired) electrons. The fourth-order valence-corrected chi connectivity index (χ4v) is 0.878. The van der Waals surface area contributed by atoms with Crippen LogP contribution in [0.5, 0.6) is 11.5 Å². The molecule has 0 atom stereocenters. The minimum Gasteiger partial charge on any atom is -0.508 e. The summed E-state index contributed by atoms with van der Waals surface area (Å²) in [5, 5.41) is 9.26. The Kier molecular flexibility index (Phi) is 1.71. The predicted octanol–water partition coefficient (Wildman–Crippen LogP) is 1.19. The summed E-state index contributed by atoms with van der Waals surface area (Å²) < 4.78 is 29.6. The molecule has 0 amide bonds. The second-order valence-electron chi connectivity index (χ2n) is 2.31. The van der Waals surface area contributed by atoms with Gasteiger partial charge in [-0.3, -0.25) is 0 Å². The first-order valence-electron chi connectivity index (χ1n) is 4.93. The summed E-state index contributed by atoms with van der Waals surface area (Å²) in [4.78, 5) is 11.2. The maximum Gasteiger partial charge on any atom is 0.338 e. The summed E-state index contributed by atoms with van der Waals surface area (Å²) in [5.74, 6) is -1.09. The van der Waals surface area contributed by atoms with Crippen LogP contribution in [0, 0.1) is 0 Å². The Morgan fingerprint density at radius 2 is 2.31 bits per heavy atom. The SMILES string of the molecule is [2H]C([2H])([2H])Oc1cc(O)cc(C(=O)OC)c1. The molecule has 0 aliphatic heterocycles. The topological polar surface area (TPSA) is 55.8 Å². The van der Waals surface area contributed by atoms with Gasteiger partial charge in [-0.15, -0.1) is 0 Å². The van der Waals surface area contributed by atoms with Crippen molar-refractivity contribution in [1.82, 2.24) is 0 Å².